The third-order valence-electron chi connectivity index (χ3n) is 3.23. The molecule has 3 N–H and O–H groups in total. The largest absolute Gasteiger partial charge is 0.409 e. The van der Waals surface area contributed by atoms with Crippen LogP contribution in [0.3, 0.4) is 0 Å². The average Bonchev–Trinajstić information content (AvgIpc) is 2.31. The topological polar surface area (TPSA) is 88.2 Å². The summed E-state index contributed by atoms with van der Waals surface area (Å²) in [6.07, 6.45) is 1.37. The minimum atomic E-state index is -0.545. The molecule has 1 fully saturated rings. The lowest BCUT2D eigenvalue weighted by Gasteiger charge is -2.42. The van der Waals surface area contributed by atoms with Gasteiger partial charge in [-0.25, -0.2) is 0 Å². The zero-order valence-corrected chi connectivity index (χ0v) is 12.2. The Kier molecular flexibility index (Phi) is 5.17. The van der Waals surface area contributed by atoms with Gasteiger partial charge in [-0.2, -0.15) is 0 Å². The van der Waals surface area contributed by atoms with Gasteiger partial charge in [0.05, 0.1) is 17.6 Å². The van der Waals surface area contributed by atoms with E-state index in [0.29, 0.717) is 19.5 Å². The van der Waals surface area contributed by atoms with Gasteiger partial charge >= 0.3 is 0 Å². The van der Waals surface area contributed by atoms with Gasteiger partial charge in [-0.15, -0.1) is 0 Å². The number of hydrogen-bond donors (Lipinski definition) is 2. The van der Waals surface area contributed by atoms with Crippen LogP contribution in [0.15, 0.2) is 5.16 Å². The van der Waals surface area contributed by atoms with Gasteiger partial charge < -0.3 is 20.6 Å². The molecule has 2 atom stereocenters. The number of oxime groups is 1. The summed E-state index contributed by atoms with van der Waals surface area (Å²) >= 11 is 0. The Morgan fingerprint density at radius 2 is 2.26 bits per heavy atom. The zero-order chi connectivity index (χ0) is 14.6. The van der Waals surface area contributed by atoms with Gasteiger partial charge in [0.2, 0.25) is 5.91 Å². The Morgan fingerprint density at radius 1 is 1.63 bits per heavy atom. The number of ether oxygens (including phenoxy) is 1. The van der Waals surface area contributed by atoms with Crippen molar-refractivity contribution in [2.24, 2.45) is 16.8 Å². The van der Waals surface area contributed by atoms with Crippen molar-refractivity contribution in [1.29, 1.82) is 0 Å². The Hall–Kier alpha value is -1.30. The molecule has 0 aromatic rings. The first-order chi connectivity index (χ1) is 8.80. The maximum Gasteiger partial charge on any atom is 0.233 e. The van der Waals surface area contributed by atoms with Gasteiger partial charge in [0.1, 0.15) is 0 Å². The van der Waals surface area contributed by atoms with Crippen LogP contribution in [0.2, 0.25) is 0 Å². The molecule has 1 rings (SSSR count). The molecule has 1 saturated heterocycles. The van der Waals surface area contributed by atoms with Crippen LogP contribution in [-0.2, 0) is 9.53 Å². The first kappa shape index (κ1) is 15.8. The van der Waals surface area contributed by atoms with Crippen molar-refractivity contribution in [3.05, 3.63) is 0 Å². The molecule has 110 valence electrons. The Bertz CT molecular complexity index is 355. The summed E-state index contributed by atoms with van der Waals surface area (Å²) in [5, 5.41) is 11.8. The molecule has 6 nitrogen and oxygen atoms in total. The lowest BCUT2D eigenvalue weighted by atomic mass is 9.98. The molecule has 1 amide bonds. The van der Waals surface area contributed by atoms with Crippen molar-refractivity contribution in [2.75, 3.05) is 13.1 Å². The molecule has 1 heterocycles. The molecule has 0 saturated carbocycles. The quantitative estimate of drug-likeness (QED) is 0.348. The van der Waals surface area contributed by atoms with Crippen LogP contribution in [0, 0.1) is 5.92 Å². The molecular weight excluding hydrogens is 246 g/mol. The summed E-state index contributed by atoms with van der Waals surface area (Å²) in [5.41, 5.74) is 5.27. The molecule has 0 aromatic heterocycles. The third kappa shape index (κ3) is 4.09. The number of amidine groups is 1. The highest BCUT2D eigenvalue weighted by Gasteiger charge is 2.37. The number of amides is 1. The average molecular weight is 271 g/mol. The molecule has 0 spiro atoms. The second-order valence-corrected chi connectivity index (χ2v) is 5.77. The first-order valence-electron chi connectivity index (χ1n) is 6.74. The number of nitrogens with two attached hydrogens (primary N) is 1. The van der Waals surface area contributed by atoms with E-state index in [1.165, 1.54) is 0 Å². The van der Waals surface area contributed by atoms with Crippen molar-refractivity contribution in [3.8, 4) is 0 Å². The van der Waals surface area contributed by atoms with Crippen LogP contribution in [0.5, 0.6) is 0 Å². The van der Waals surface area contributed by atoms with E-state index in [2.05, 4.69) is 5.16 Å². The molecule has 0 bridgehead atoms. The van der Waals surface area contributed by atoms with E-state index < -0.39 is 5.92 Å². The highest BCUT2D eigenvalue weighted by molar-refractivity contribution is 6.02. The first-order valence-corrected chi connectivity index (χ1v) is 6.74. The summed E-state index contributed by atoms with van der Waals surface area (Å²) < 4.78 is 5.78. The predicted molar refractivity (Wildman–Crippen MR) is 73.0 cm³/mol. The molecular formula is C13H25N3O3. The fourth-order valence-electron chi connectivity index (χ4n) is 2.60. The van der Waals surface area contributed by atoms with Crippen LogP contribution >= 0.6 is 0 Å². The third-order valence-corrected chi connectivity index (χ3v) is 3.23. The molecule has 1 aliphatic heterocycles. The smallest absolute Gasteiger partial charge is 0.233 e. The molecule has 1 aliphatic rings. The SMILES string of the molecule is CCCC(C(=O)N1CC(C)OC(C)(C)C1)C(N)=NO. The number of nitrogens with zero attached hydrogens (tertiary/aromatic N) is 2. The summed E-state index contributed by atoms with van der Waals surface area (Å²) in [5.74, 6) is -0.639. The van der Waals surface area contributed by atoms with Crippen molar-refractivity contribution < 1.29 is 14.7 Å². The van der Waals surface area contributed by atoms with Crippen LogP contribution in [0.1, 0.15) is 40.5 Å². The summed E-state index contributed by atoms with van der Waals surface area (Å²) in [4.78, 5) is 14.3. The van der Waals surface area contributed by atoms with Crippen LogP contribution in [0.4, 0.5) is 0 Å². The van der Waals surface area contributed by atoms with E-state index in [4.69, 9.17) is 15.7 Å². The van der Waals surface area contributed by atoms with Crippen molar-refractivity contribution in [3.63, 3.8) is 0 Å². The highest BCUT2D eigenvalue weighted by Crippen LogP contribution is 2.23. The van der Waals surface area contributed by atoms with Gasteiger partial charge in [-0.05, 0) is 27.2 Å². The fraction of sp³-hybridized carbons (Fsp3) is 0.846. The van der Waals surface area contributed by atoms with E-state index in [0.717, 1.165) is 6.42 Å². The number of rotatable bonds is 4. The van der Waals surface area contributed by atoms with Gasteiger partial charge in [0.25, 0.3) is 0 Å². The van der Waals surface area contributed by atoms with Crippen molar-refractivity contribution in [2.45, 2.75) is 52.2 Å². The molecule has 6 heteroatoms. The molecule has 0 radical (unpaired) electrons. The number of hydrogen-bond acceptors (Lipinski definition) is 4. The van der Waals surface area contributed by atoms with Crippen LogP contribution in [-0.4, -0.2) is 46.6 Å². The van der Waals surface area contributed by atoms with Gasteiger partial charge in [0.15, 0.2) is 5.84 Å². The van der Waals surface area contributed by atoms with Crippen LogP contribution < -0.4 is 5.73 Å². The standard InChI is InChI=1S/C13H25N3O3/c1-5-6-10(11(14)15-18)12(17)16-7-9(2)19-13(3,4)8-16/h9-10,18H,5-8H2,1-4H3,(H2,14,15). The second-order valence-electron chi connectivity index (χ2n) is 5.77. The Labute approximate surface area is 114 Å². The van der Waals surface area contributed by atoms with E-state index in [1.54, 1.807) is 4.90 Å². The van der Waals surface area contributed by atoms with E-state index in [9.17, 15) is 4.79 Å². The summed E-state index contributed by atoms with van der Waals surface area (Å²) in [6.45, 7) is 8.90. The van der Waals surface area contributed by atoms with E-state index in [-0.39, 0.29) is 23.4 Å². The fourth-order valence-corrected chi connectivity index (χ4v) is 2.60. The number of carbonyl (C=O) groups excluding carboxylic acids is 1. The maximum atomic E-state index is 12.5. The monoisotopic (exact) mass is 271 g/mol. The van der Waals surface area contributed by atoms with Crippen molar-refractivity contribution in [1.82, 2.24) is 4.90 Å². The molecule has 19 heavy (non-hydrogen) atoms. The van der Waals surface area contributed by atoms with Gasteiger partial charge in [0, 0.05) is 13.1 Å². The summed E-state index contributed by atoms with van der Waals surface area (Å²) in [7, 11) is 0. The minimum Gasteiger partial charge on any atom is -0.409 e. The van der Waals surface area contributed by atoms with E-state index in [1.807, 2.05) is 27.7 Å². The van der Waals surface area contributed by atoms with E-state index >= 15 is 0 Å². The molecule has 2 unspecified atom stereocenters. The zero-order valence-electron chi connectivity index (χ0n) is 12.2. The number of carbonyl (C=O) groups is 1. The maximum absolute atomic E-state index is 12.5. The van der Waals surface area contributed by atoms with Gasteiger partial charge in [-0.3, -0.25) is 4.79 Å². The molecule has 0 aliphatic carbocycles. The molecule has 0 aromatic carbocycles. The number of morpholine rings is 1. The Morgan fingerprint density at radius 3 is 2.74 bits per heavy atom. The summed E-state index contributed by atoms with van der Waals surface area (Å²) in [6, 6.07) is 0. The second kappa shape index (κ2) is 6.23. The van der Waals surface area contributed by atoms with Gasteiger partial charge in [-0.1, -0.05) is 18.5 Å². The predicted octanol–water partition coefficient (Wildman–Crippen LogP) is 1.17. The minimum absolute atomic E-state index is 0.0104. The highest BCUT2D eigenvalue weighted by atomic mass is 16.5. The lowest BCUT2D eigenvalue weighted by Crippen LogP contribution is -2.56. The van der Waals surface area contributed by atoms with Crippen LogP contribution in [0.25, 0.3) is 0 Å². The normalized spacial score (nSPS) is 25.2. The lowest BCUT2D eigenvalue weighted by molar-refractivity contribution is -0.160. The Balaban J connectivity index is 2.84. The van der Waals surface area contributed by atoms with Crippen molar-refractivity contribution >= 4 is 11.7 Å².